The van der Waals surface area contributed by atoms with E-state index in [4.69, 9.17) is 5.73 Å². The summed E-state index contributed by atoms with van der Waals surface area (Å²) in [6.07, 6.45) is 1.56. The van der Waals surface area contributed by atoms with E-state index in [1.54, 1.807) is 48.7 Å². The minimum atomic E-state index is -0.513. The fourth-order valence-electron chi connectivity index (χ4n) is 2.08. The molecule has 0 saturated heterocycles. The summed E-state index contributed by atoms with van der Waals surface area (Å²) in [5.74, 6) is -0.0149. The van der Waals surface area contributed by atoms with Crippen LogP contribution in [0.5, 0.6) is 0 Å². The van der Waals surface area contributed by atoms with Crippen LogP contribution in [-0.2, 0) is 0 Å². The van der Waals surface area contributed by atoms with Crippen molar-refractivity contribution in [2.75, 3.05) is 10.6 Å². The van der Waals surface area contributed by atoms with Crippen molar-refractivity contribution in [2.45, 2.75) is 0 Å². The van der Waals surface area contributed by atoms with Gasteiger partial charge >= 0.3 is 0 Å². The van der Waals surface area contributed by atoms with Crippen LogP contribution in [0.4, 0.5) is 27.5 Å². The Morgan fingerprint density at radius 2 is 1.72 bits per heavy atom. The van der Waals surface area contributed by atoms with E-state index in [1.165, 1.54) is 12.1 Å². The lowest BCUT2D eigenvalue weighted by Crippen LogP contribution is -2.11. The molecule has 0 radical (unpaired) electrons. The van der Waals surface area contributed by atoms with Gasteiger partial charge in [0.25, 0.3) is 0 Å². The molecule has 1 amide bonds. The van der Waals surface area contributed by atoms with Crippen molar-refractivity contribution >= 4 is 41.5 Å². The molecule has 0 fully saturated rings. The molecule has 2 aromatic carbocycles. The van der Waals surface area contributed by atoms with E-state index in [0.29, 0.717) is 28.7 Å². The second kappa shape index (κ2) is 8.07. The average molecular weight is 360 g/mol. The summed E-state index contributed by atoms with van der Waals surface area (Å²) in [4.78, 5) is 19.6. The topological polar surface area (TPSA) is 92.9 Å². The van der Waals surface area contributed by atoms with Gasteiger partial charge in [-0.15, -0.1) is 12.4 Å². The van der Waals surface area contributed by atoms with E-state index < -0.39 is 5.91 Å². The highest BCUT2D eigenvalue weighted by molar-refractivity contribution is 5.93. The van der Waals surface area contributed by atoms with Gasteiger partial charge in [-0.25, -0.2) is 9.37 Å². The Kier molecular flexibility index (Phi) is 5.86. The predicted octanol–water partition coefficient (Wildman–Crippen LogP) is 3.62. The van der Waals surface area contributed by atoms with Crippen LogP contribution in [0.2, 0.25) is 0 Å². The summed E-state index contributed by atoms with van der Waals surface area (Å²) in [5.41, 5.74) is 6.86. The van der Waals surface area contributed by atoms with E-state index in [9.17, 15) is 9.18 Å². The lowest BCUT2D eigenvalue weighted by molar-refractivity contribution is 0.100. The third-order valence-corrected chi connectivity index (χ3v) is 3.16. The molecule has 4 N–H and O–H groups in total. The number of nitrogens with zero attached hydrogens (tertiary/aromatic N) is 2. The molecule has 0 aliphatic rings. The van der Waals surface area contributed by atoms with Gasteiger partial charge in [0.2, 0.25) is 11.9 Å². The molecule has 0 bridgehead atoms. The van der Waals surface area contributed by atoms with Crippen molar-refractivity contribution in [1.82, 2.24) is 9.97 Å². The number of rotatable bonds is 5. The first-order valence-corrected chi connectivity index (χ1v) is 7.13. The van der Waals surface area contributed by atoms with Crippen LogP contribution in [0, 0.1) is 5.82 Å². The average Bonchev–Trinajstić information content (AvgIpc) is 2.55. The number of halogens is 2. The fraction of sp³-hybridized carbons (Fsp3) is 0. The first-order valence-electron chi connectivity index (χ1n) is 7.13. The maximum absolute atomic E-state index is 13.2. The Bertz CT molecular complexity index is 890. The van der Waals surface area contributed by atoms with E-state index in [-0.39, 0.29) is 18.2 Å². The molecule has 0 unspecified atom stereocenters. The van der Waals surface area contributed by atoms with Crippen molar-refractivity contribution in [3.8, 4) is 0 Å². The number of carbonyl (C=O) groups is 1. The molecule has 0 saturated carbocycles. The Morgan fingerprint density at radius 1 is 1.00 bits per heavy atom. The van der Waals surface area contributed by atoms with Gasteiger partial charge in [-0.05, 0) is 42.5 Å². The van der Waals surface area contributed by atoms with Crippen LogP contribution in [0.15, 0.2) is 60.8 Å². The predicted molar refractivity (Wildman–Crippen MR) is 97.2 cm³/mol. The molecular formula is C17H15ClFN5O. The second-order valence-corrected chi connectivity index (χ2v) is 4.97. The molecule has 1 heterocycles. The Hall–Kier alpha value is -3.19. The van der Waals surface area contributed by atoms with Crippen molar-refractivity contribution in [3.63, 3.8) is 0 Å². The Labute approximate surface area is 149 Å². The number of amides is 1. The number of nitrogens with one attached hydrogen (secondary N) is 2. The van der Waals surface area contributed by atoms with E-state index in [0.717, 1.165) is 0 Å². The van der Waals surface area contributed by atoms with Gasteiger partial charge in [-0.2, -0.15) is 4.98 Å². The lowest BCUT2D eigenvalue weighted by Gasteiger charge is -2.09. The molecular weight excluding hydrogens is 345 g/mol. The number of aromatic nitrogens is 2. The van der Waals surface area contributed by atoms with Crippen molar-refractivity contribution in [3.05, 3.63) is 72.2 Å². The number of benzene rings is 2. The molecule has 1 aromatic heterocycles. The number of primary amides is 1. The smallest absolute Gasteiger partial charge is 0.248 e. The normalized spacial score (nSPS) is 9.80. The minimum absolute atomic E-state index is 0. The molecule has 25 heavy (non-hydrogen) atoms. The number of hydrogen-bond acceptors (Lipinski definition) is 5. The quantitative estimate of drug-likeness (QED) is 0.647. The van der Waals surface area contributed by atoms with Crippen LogP contribution in [0.3, 0.4) is 0 Å². The standard InChI is InChI=1S/C17H14FN5O.ClH/c18-12-4-2-6-14(10-12)21-15-7-8-20-17(23-15)22-13-5-1-3-11(9-13)16(19)24;/h1-10H,(H2,19,24)(H2,20,21,22,23);1H. The minimum Gasteiger partial charge on any atom is -0.366 e. The Balaban J connectivity index is 0.00000225. The van der Waals surface area contributed by atoms with E-state index in [2.05, 4.69) is 20.6 Å². The summed E-state index contributed by atoms with van der Waals surface area (Å²) < 4.78 is 13.2. The summed E-state index contributed by atoms with van der Waals surface area (Å²) in [5, 5.41) is 5.99. The van der Waals surface area contributed by atoms with Gasteiger partial charge in [0.15, 0.2) is 0 Å². The molecule has 0 aliphatic heterocycles. The highest BCUT2D eigenvalue weighted by atomic mass is 35.5. The zero-order chi connectivity index (χ0) is 16.9. The lowest BCUT2D eigenvalue weighted by atomic mass is 10.2. The summed E-state index contributed by atoms with van der Waals surface area (Å²) >= 11 is 0. The van der Waals surface area contributed by atoms with E-state index in [1.807, 2.05) is 0 Å². The van der Waals surface area contributed by atoms with Crippen LogP contribution in [0.25, 0.3) is 0 Å². The molecule has 3 rings (SSSR count). The molecule has 0 atom stereocenters. The van der Waals surface area contributed by atoms with Gasteiger partial charge in [-0.1, -0.05) is 12.1 Å². The van der Waals surface area contributed by atoms with Crippen LogP contribution < -0.4 is 16.4 Å². The summed E-state index contributed by atoms with van der Waals surface area (Å²) in [7, 11) is 0. The molecule has 8 heteroatoms. The molecule has 3 aromatic rings. The van der Waals surface area contributed by atoms with Crippen molar-refractivity contribution in [1.29, 1.82) is 0 Å². The highest BCUT2D eigenvalue weighted by Gasteiger charge is 2.04. The third kappa shape index (κ3) is 4.89. The second-order valence-electron chi connectivity index (χ2n) is 4.97. The van der Waals surface area contributed by atoms with Gasteiger partial charge in [0, 0.05) is 23.1 Å². The number of nitrogens with two attached hydrogens (primary N) is 1. The summed E-state index contributed by atoms with van der Waals surface area (Å²) in [6.45, 7) is 0. The SMILES string of the molecule is Cl.NC(=O)c1cccc(Nc2nccc(Nc3cccc(F)c3)n2)c1. The maximum atomic E-state index is 13.2. The summed E-state index contributed by atoms with van der Waals surface area (Å²) in [6, 6.07) is 14.4. The van der Waals surface area contributed by atoms with Crippen LogP contribution >= 0.6 is 12.4 Å². The number of hydrogen-bond donors (Lipinski definition) is 3. The zero-order valence-corrected chi connectivity index (χ0v) is 13.8. The number of anilines is 4. The van der Waals surface area contributed by atoms with Gasteiger partial charge in [0.1, 0.15) is 11.6 Å². The first-order chi connectivity index (χ1) is 11.6. The monoisotopic (exact) mass is 359 g/mol. The van der Waals surface area contributed by atoms with Crippen LogP contribution in [-0.4, -0.2) is 15.9 Å². The number of carbonyl (C=O) groups excluding carboxylic acids is 1. The zero-order valence-electron chi connectivity index (χ0n) is 12.9. The first kappa shape index (κ1) is 18.2. The van der Waals surface area contributed by atoms with Gasteiger partial charge < -0.3 is 16.4 Å². The molecule has 0 spiro atoms. The largest absolute Gasteiger partial charge is 0.366 e. The molecule has 0 aliphatic carbocycles. The van der Waals surface area contributed by atoms with Gasteiger partial charge in [-0.3, -0.25) is 4.79 Å². The third-order valence-electron chi connectivity index (χ3n) is 3.16. The Morgan fingerprint density at radius 3 is 2.44 bits per heavy atom. The highest BCUT2D eigenvalue weighted by Crippen LogP contribution is 2.18. The van der Waals surface area contributed by atoms with Crippen molar-refractivity contribution in [2.24, 2.45) is 5.73 Å². The maximum Gasteiger partial charge on any atom is 0.248 e. The molecule has 6 nitrogen and oxygen atoms in total. The van der Waals surface area contributed by atoms with E-state index >= 15 is 0 Å². The van der Waals surface area contributed by atoms with Crippen LogP contribution in [0.1, 0.15) is 10.4 Å². The van der Waals surface area contributed by atoms with Gasteiger partial charge in [0.05, 0.1) is 0 Å². The van der Waals surface area contributed by atoms with Crippen molar-refractivity contribution < 1.29 is 9.18 Å². The molecule has 128 valence electrons. The fourth-order valence-corrected chi connectivity index (χ4v) is 2.08.